The average molecular weight is 382 g/mol. The SMILES string of the molecule is COc1ccc(CCC(=O)N2CCN(CC3CCNCC3)CC2)cc1.Cl. The predicted molar refractivity (Wildman–Crippen MR) is 107 cm³/mol. The standard InChI is InChI=1S/C20H31N3O2.ClH/c1-25-19-5-2-17(3-6-19)4-7-20(24)23-14-12-22(13-15-23)16-18-8-10-21-11-9-18;/h2-3,5-6,18,21H,4,7-16H2,1H3;1H. The fourth-order valence-electron chi connectivity index (χ4n) is 3.81. The van der Waals surface area contributed by atoms with Crippen molar-refractivity contribution in [3.05, 3.63) is 29.8 Å². The van der Waals surface area contributed by atoms with Gasteiger partial charge in [-0.15, -0.1) is 12.4 Å². The van der Waals surface area contributed by atoms with Crippen molar-refractivity contribution < 1.29 is 9.53 Å². The van der Waals surface area contributed by atoms with Gasteiger partial charge in [0, 0.05) is 39.1 Å². The zero-order valence-electron chi connectivity index (χ0n) is 15.8. The van der Waals surface area contributed by atoms with E-state index >= 15 is 0 Å². The Hall–Kier alpha value is -1.30. The summed E-state index contributed by atoms with van der Waals surface area (Å²) in [6, 6.07) is 8.00. The van der Waals surface area contributed by atoms with Crippen LogP contribution < -0.4 is 10.1 Å². The number of methoxy groups -OCH3 is 1. The van der Waals surface area contributed by atoms with Gasteiger partial charge in [-0.25, -0.2) is 0 Å². The van der Waals surface area contributed by atoms with Crippen LogP contribution in [0.15, 0.2) is 24.3 Å². The fourth-order valence-corrected chi connectivity index (χ4v) is 3.81. The molecular weight excluding hydrogens is 350 g/mol. The lowest BCUT2D eigenvalue weighted by Crippen LogP contribution is -2.50. The normalized spacial score (nSPS) is 19.0. The van der Waals surface area contributed by atoms with Gasteiger partial charge >= 0.3 is 0 Å². The number of piperazine rings is 1. The Morgan fingerprint density at radius 2 is 1.77 bits per heavy atom. The van der Waals surface area contributed by atoms with Crippen molar-refractivity contribution in [3.63, 3.8) is 0 Å². The van der Waals surface area contributed by atoms with E-state index in [0.717, 1.165) is 57.4 Å². The number of ether oxygens (including phenoxy) is 1. The molecule has 6 heteroatoms. The van der Waals surface area contributed by atoms with E-state index in [2.05, 4.69) is 10.2 Å². The summed E-state index contributed by atoms with van der Waals surface area (Å²) in [4.78, 5) is 17.1. The quantitative estimate of drug-likeness (QED) is 0.820. The van der Waals surface area contributed by atoms with Crippen LogP contribution in [0.25, 0.3) is 0 Å². The van der Waals surface area contributed by atoms with Gasteiger partial charge in [-0.1, -0.05) is 12.1 Å². The molecule has 2 aliphatic heterocycles. The summed E-state index contributed by atoms with van der Waals surface area (Å²) in [7, 11) is 1.67. The summed E-state index contributed by atoms with van der Waals surface area (Å²) in [5, 5.41) is 3.43. The van der Waals surface area contributed by atoms with Crippen LogP contribution in [0.3, 0.4) is 0 Å². The van der Waals surface area contributed by atoms with E-state index in [0.29, 0.717) is 6.42 Å². The molecule has 3 rings (SSSR count). The Labute approximate surface area is 163 Å². The molecule has 146 valence electrons. The second kappa shape index (κ2) is 10.8. The highest BCUT2D eigenvalue weighted by Gasteiger charge is 2.23. The monoisotopic (exact) mass is 381 g/mol. The van der Waals surface area contributed by atoms with Crippen LogP contribution in [0.4, 0.5) is 0 Å². The molecule has 0 unspecified atom stereocenters. The molecule has 0 radical (unpaired) electrons. The van der Waals surface area contributed by atoms with E-state index in [1.165, 1.54) is 24.9 Å². The molecule has 5 nitrogen and oxygen atoms in total. The van der Waals surface area contributed by atoms with Crippen molar-refractivity contribution in [1.29, 1.82) is 0 Å². The van der Waals surface area contributed by atoms with Gasteiger partial charge in [-0.3, -0.25) is 9.69 Å². The third-order valence-corrected chi connectivity index (χ3v) is 5.49. The summed E-state index contributed by atoms with van der Waals surface area (Å²) in [5.41, 5.74) is 1.19. The predicted octanol–water partition coefficient (Wildman–Crippen LogP) is 2.19. The van der Waals surface area contributed by atoms with E-state index in [1.807, 2.05) is 29.2 Å². The van der Waals surface area contributed by atoms with E-state index in [1.54, 1.807) is 7.11 Å². The number of piperidine rings is 1. The van der Waals surface area contributed by atoms with E-state index in [-0.39, 0.29) is 18.3 Å². The molecular formula is C20H32ClN3O2. The number of benzene rings is 1. The third-order valence-electron chi connectivity index (χ3n) is 5.49. The first-order valence-corrected chi connectivity index (χ1v) is 9.58. The number of rotatable bonds is 6. The topological polar surface area (TPSA) is 44.8 Å². The minimum atomic E-state index is 0. The minimum Gasteiger partial charge on any atom is -0.497 e. The Kier molecular flexibility index (Phi) is 8.69. The molecule has 26 heavy (non-hydrogen) atoms. The fraction of sp³-hybridized carbons (Fsp3) is 0.650. The maximum absolute atomic E-state index is 12.5. The van der Waals surface area contributed by atoms with Crippen LogP contribution in [0, 0.1) is 5.92 Å². The molecule has 2 saturated heterocycles. The number of carbonyl (C=O) groups is 1. The number of nitrogens with one attached hydrogen (secondary N) is 1. The molecule has 1 aromatic carbocycles. The first-order valence-electron chi connectivity index (χ1n) is 9.58. The van der Waals surface area contributed by atoms with Crippen molar-refractivity contribution in [2.45, 2.75) is 25.7 Å². The van der Waals surface area contributed by atoms with Crippen LogP contribution in [0.1, 0.15) is 24.8 Å². The number of carbonyl (C=O) groups excluding carboxylic acids is 1. The van der Waals surface area contributed by atoms with Crippen molar-refractivity contribution in [3.8, 4) is 5.75 Å². The third kappa shape index (κ3) is 6.15. The first-order chi connectivity index (χ1) is 12.2. The number of amides is 1. The Bertz CT molecular complexity index is 538. The molecule has 1 aromatic rings. The Balaban J connectivity index is 0.00000243. The maximum atomic E-state index is 12.5. The second-order valence-corrected chi connectivity index (χ2v) is 7.22. The van der Waals surface area contributed by atoms with Gasteiger partial charge in [-0.2, -0.15) is 0 Å². The number of hydrogen-bond donors (Lipinski definition) is 1. The summed E-state index contributed by atoms with van der Waals surface area (Å²) in [6.45, 7) is 7.34. The van der Waals surface area contributed by atoms with Gasteiger partial charge in [-0.05, 0) is 56.0 Å². The van der Waals surface area contributed by atoms with E-state index in [9.17, 15) is 4.79 Å². The van der Waals surface area contributed by atoms with Crippen LogP contribution >= 0.6 is 12.4 Å². The van der Waals surface area contributed by atoms with Crippen LogP contribution in [-0.4, -0.2) is 68.6 Å². The van der Waals surface area contributed by atoms with Gasteiger partial charge in [0.2, 0.25) is 5.91 Å². The Morgan fingerprint density at radius 1 is 1.12 bits per heavy atom. The summed E-state index contributed by atoms with van der Waals surface area (Å²) >= 11 is 0. The highest BCUT2D eigenvalue weighted by Crippen LogP contribution is 2.16. The van der Waals surface area contributed by atoms with Gasteiger partial charge in [0.05, 0.1) is 7.11 Å². The van der Waals surface area contributed by atoms with Gasteiger partial charge in [0.15, 0.2) is 0 Å². The largest absolute Gasteiger partial charge is 0.497 e. The van der Waals surface area contributed by atoms with E-state index < -0.39 is 0 Å². The second-order valence-electron chi connectivity index (χ2n) is 7.22. The molecule has 1 N–H and O–H groups in total. The lowest BCUT2D eigenvalue weighted by molar-refractivity contribution is -0.133. The van der Waals surface area contributed by atoms with Crippen molar-refractivity contribution in [2.75, 3.05) is 52.9 Å². The van der Waals surface area contributed by atoms with Crippen LogP contribution in [0.5, 0.6) is 5.75 Å². The minimum absolute atomic E-state index is 0. The van der Waals surface area contributed by atoms with Crippen LogP contribution in [-0.2, 0) is 11.2 Å². The van der Waals surface area contributed by atoms with Crippen molar-refractivity contribution >= 4 is 18.3 Å². The summed E-state index contributed by atoms with van der Waals surface area (Å²) in [5.74, 6) is 1.98. The summed E-state index contributed by atoms with van der Waals surface area (Å²) < 4.78 is 5.17. The highest BCUT2D eigenvalue weighted by molar-refractivity contribution is 5.85. The lowest BCUT2D eigenvalue weighted by atomic mass is 9.97. The van der Waals surface area contributed by atoms with E-state index in [4.69, 9.17) is 4.74 Å². The molecule has 2 fully saturated rings. The molecule has 0 saturated carbocycles. The zero-order chi connectivity index (χ0) is 17.5. The highest BCUT2D eigenvalue weighted by atomic mass is 35.5. The molecule has 0 bridgehead atoms. The van der Waals surface area contributed by atoms with Crippen molar-refractivity contribution in [2.24, 2.45) is 5.92 Å². The number of hydrogen-bond acceptors (Lipinski definition) is 4. The van der Waals surface area contributed by atoms with Gasteiger partial charge in [0.25, 0.3) is 0 Å². The zero-order valence-corrected chi connectivity index (χ0v) is 16.6. The molecule has 2 aliphatic rings. The molecule has 0 aliphatic carbocycles. The van der Waals surface area contributed by atoms with Gasteiger partial charge < -0.3 is 15.0 Å². The van der Waals surface area contributed by atoms with Gasteiger partial charge in [0.1, 0.15) is 5.75 Å². The number of nitrogens with zero attached hydrogens (tertiary/aromatic N) is 2. The first kappa shape index (κ1) is 21.0. The molecule has 0 atom stereocenters. The number of halogens is 1. The Morgan fingerprint density at radius 3 is 2.38 bits per heavy atom. The molecule has 2 heterocycles. The smallest absolute Gasteiger partial charge is 0.222 e. The average Bonchev–Trinajstić information content (AvgIpc) is 2.68. The van der Waals surface area contributed by atoms with Crippen LogP contribution in [0.2, 0.25) is 0 Å². The lowest BCUT2D eigenvalue weighted by Gasteiger charge is -2.37. The van der Waals surface area contributed by atoms with Crippen molar-refractivity contribution in [1.82, 2.24) is 15.1 Å². The summed E-state index contributed by atoms with van der Waals surface area (Å²) in [6.07, 6.45) is 3.99. The number of aryl methyl sites for hydroxylation is 1. The molecule has 1 amide bonds. The molecule has 0 spiro atoms. The molecule has 0 aromatic heterocycles. The maximum Gasteiger partial charge on any atom is 0.222 e.